The zero-order chi connectivity index (χ0) is 8.69. The van der Waals surface area contributed by atoms with Gasteiger partial charge in [0.1, 0.15) is 13.2 Å². The van der Waals surface area contributed by atoms with Crippen LogP contribution >= 0.6 is 0 Å². The van der Waals surface area contributed by atoms with Crippen molar-refractivity contribution >= 4 is 12.1 Å². The molecule has 5 heteroatoms. The number of nitrogens with one attached hydrogen (secondary N) is 1. The molecule has 0 aliphatic heterocycles. The number of ether oxygens (including phenoxy) is 1. The van der Waals surface area contributed by atoms with Crippen LogP contribution in [0.3, 0.4) is 0 Å². The molecule has 0 bridgehead atoms. The van der Waals surface area contributed by atoms with Gasteiger partial charge in [-0.25, -0.2) is 4.79 Å². The largest absolute Gasteiger partial charge is 0.465 e. The van der Waals surface area contributed by atoms with Crippen LogP contribution in [0.4, 0.5) is 4.79 Å². The molecule has 0 spiro atoms. The fourth-order valence-electron chi connectivity index (χ4n) is 0.351. The molecule has 0 unspecified atom stereocenters. The topological polar surface area (TPSA) is 75.6 Å². The quantitative estimate of drug-likeness (QED) is 0.446. The predicted octanol–water partition coefficient (Wildman–Crippen LogP) is -0.0168. The van der Waals surface area contributed by atoms with Gasteiger partial charge in [0.25, 0.3) is 0 Å². The van der Waals surface area contributed by atoms with Crippen molar-refractivity contribution in [3.63, 3.8) is 0 Å². The first-order chi connectivity index (χ1) is 5.16. The summed E-state index contributed by atoms with van der Waals surface area (Å²) in [6, 6.07) is 0. The van der Waals surface area contributed by atoms with Crippen LogP contribution in [-0.4, -0.2) is 30.3 Å². The Kier molecular flexibility index (Phi) is 4.55. The lowest BCUT2D eigenvalue weighted by Gasteiger charge is -2.00. The normalized spacial score (nSPS) is 8.36. The Balaban J connectivity index is 3.37. The highest BCUT2D eigenvalue weighted by Crippen LogP contribution is 1.76. The van der Waals surface area contributed by atoms with Gasteiger partial charge in [0.2, 0.25) is 0 Å². The van der Waals surface area contributed by atoms with Gasteiger partial charge in [-0.15, -0.1) is 0 Å². The second-order valence-corrected chi connectivity index (χ2v) is 1.63. The van der Waals surface area contributed by atoms with E-state index in [9.17, 15) is 9.59 Å². The molecule has 2 N–H and O–H groups in total. The lowest BCUT2D eigenvalue weighted by molar-refractivity contribution is -0.141. The number of esters is 1. The van der Waals surface area contributed by atoms with Gasteiger partial charge in [0.15, 0.2) is 0 Å². The maximum atomic E-state index is 10.5. The Hall–Kier alpha value is -1.52. The number of carbonyl (C=O) groups is 2. The summed E-state index contributed by atoms with van der Waals surface area (Å²) >= 11 is 0. The zero-order valence-corrected chi connectivity index (χ0v) is 5.87. The molecule has 62 valence electrons. The van der Waals surface area contributed by atoms with Gasteiger partial charge in [0, 0.05) is 0 Å². The summed E-state index contributed by atoms with van der Waals surface area (Å²) in [6.45, 7) is 3.08. The van der Waals surface area contributed by atoms with Crippen molar-refractivity contribution in [2.24, 2.45) is 0 Å². The number of amides is 1. The molecular weight excluding hydrogens is 150 g/mol. The van der Waals surface area contributed by atoms with Crippen LogP contribution in [0.15, 0.2) is 12.7 Å². The standard InChI is InChI=1S/C6H9NO4/c1-2-3-11-5(8)4-7-6(9)10/h2,7H,1,3-4H2,(H,9,10). The summed E-state index contributed by atoms with van der Waals surface area (Å²) in [4.78, 5) is 20.3. The number of rotatable bonds is 4. The highest BCUT2D eigenvalue weighted by Gasteiger charge is 2.02. The molecule has 0 rings (SSSR count). The molecule has 0 aromatic carbocycles. The Labute approximate surface area is 63.7 Å². The Morgan fingerprint density at radius 3 is 2.73 bits per heavy atom. The summed E-state index contributed by atoms with van der Waals surface area (Å²) in [5.74, 6) is -0.618. The number of hydrogen-bond donors (Lipinski definition) is 2. The van der Waals surface area contributed by atoms with Crippen LogP contribution in [0.5, 0.6) is 0 Å². The van der Waals surface area contributed by atoms with E-state index in [1.54, 1.807) is 0 Å². The number of hydrogen-bond acceptors (Lipinski definition) is 3. The van der Waals surface area contributed by atoms with Crippen LogP contribution in [0.2, 0.25) is 0 Å². The first-order valence-corrected chi connectivity index (χ1v) is 2.90. The summed E-state index contributed by atoms with van der Waals surface area (Å²) in [5, 5.41) is 9.91. The average molecular weight is 159 g/mol. The highest BCUT2D eigenvalue weighted by atomic mass is 16.5. The van der Waals surface area contributed by atoms with E-state index in [0.29, 0.717) is 0 Å². The van der Waals surface area contributed by atoms with E-state index >= 15 is 0 Å². The average Bonchev–Trinajstić information content (AvgIpc) is 1.97. The molecule has 0 saturated carbocycles. The van der Waals surface area contributed by atoms with Crippen molar-refractivity contribution in [1.29, 1.82) is 0 Å². The molecule has 0 radical (unpaired) electrons. The van der Waals surface area contributed by atoms with E-state index in [4.69, 9.17) is 5.11 Å². The van der Waals surface area contributed by atoms with Gasteiger partial charge >= 0.3 is 12.1 Å². The Morgan fingerprint density at radius 1 is 1.64 bits per heavy atom. The van der Waals surface area contributed by atoms with Crippen LogP contribution in [-0.2, 0) is 9.53 Å². The minimum atomic E-state index is -1.25. The summed E-state index contributed by atoms with van der Waals surface area (Å²) in [7, 11) is 0. The molecule has 0 aliphatic carbocycles. The summed E-state index contributed by atoms with van der Waals surface area (Å²) < 4.78 is 4.46. The third-order valence-electron chi connectivity index (χ3n) is 0.746. The smallest absolute Gasteiger partial charge is 0.405 e. The van der Waals surface area contributed by atoms with Crippen LogP contribution in [0.1, 0.15) is 0 Å². The van der Waals surface area contributed by atoms with Crippen molar-refractivity contribution in [1.82, 2.24) is 5.32 Å². The third kappa shape index (κ3) is 6.36. The number of carboxylic acid groups (broad SMARTS) is 1. The van der Waals surface area contributed by atoms with Crippen molar-refractivity contribution in [2.45, 2.75) is 0 Å². The molecule has 0 fully saturated rings. The van der Waals surface area contributed by atoms with Gasteiger partial charge in [-0.05, 0) is 0 Å². The molecule has 1 amide bonds. The molecule has 0 aromatic heterocycles. The van der Waals surface area contributed by atoms with Gasteiger partial charge in [-0.3, -0.25) is 4.79 Å². The molecule has 0 atom stereocenters. The molecular formula is C6H9NO4. The SMILES string of the molecule is C=CCOC(=O)CNC(=O)O. The maximum Gasteiger partial charge on any atom is 0.405 e. The van der Waals surface area contributed by atoms with Gasteiger partial charge in [-0.1, -0.05) is 12.7 Å². The second kappa shape index (κ2) is 5.28. The van der Waals surface area contributed by atoms with E-state index in [2.05, 4.69) is 11.3 Å². The third-order valence-corrected chi connectivity index (χ3v) is 0.746. The van der Waals surface area contributed by atoms with Gasteiger partial charge < -0.3 is 15.2 Å². The monoisotopic (exact) mass is 159 g/mol. The second-order valence-electron chi connectivity index (χ2n) is 1.63. The van der Waals surface area contributed by atoms with E-state index in [1.807, 2.05) is 5.32 Å². The Morgan fingerprint density at radius 2 is 2.27 bits per heavy atom. The minimum Gasteiger partial charge on any atom is -0.465 e. The molecule has 0 aliphatic rings. The lowest BCUT2D eigenvalue weighted by Crippen LogP contribution is -2.29. The number of carbonyl (C=O) groups excluding carboxylic acids is 1. The van der Waals surface area contributed by atoms with Crippen LogP contribution in [0.25, 0.3) is 0 Å². The molecule has 0 aromatic rings. The van der Waals surface area contributed by atoms with Gasteiger partial charge in [-0.2, -0.15) is 0 Å². The van der Waals surface area contributed by atoms with Gasteiger partial charge in [0.05, 0.1) is 0 Å². The first kappa shape index (κ1) is 9.48. The molecule has 0 heterocycles. The minimum absolute atomic E-state index is 0.0974. The van der Waals surface area contributed by atoms with E-state index in [0.717, 1.165) is 0 Å². The van der Waals surface area contributed by atoms with Crippen molar-refractivity contribution in [3.05, 3.63) is 12.7 Å². The summed E-state index contributed by atoms with van der Waals surface area (Å²) in [6.07, 6.45) is 0.152. The summed E-state index contributed by atoms with van der Waals surface area (Å²) in [5.41, 5.74) is 0. The van der Waals surface area contributed by atoms with E-state index in [1.165, 1.54) is 6.08 Å². The van der Waals surface area contributed by atoms with Crippen molar-refractivity contribution in [3.8, 4) is 0 Å². The van der Waals surface area contributed by atoms with E-state index in [-0.39, 0.29) is 13.2 Å². The van der Waals surface area contributed by atoms with Crippen LogP contribution < -0.4 is 5.32 Å². The van der Waals surface area contributed by atoms with Crippen LogP contribution in [0, 0.1) is 0 Å². The predicted molar refractivity (Wildman–Crippen MR) is 37.2 cm³/mol. The highest BCUT2D eigenvalue weighted by molar-refractivity contribution is 5.76. The van der Waals surface area contributed by atoms with Crippen molar-refractivity contribution in [2.75, 3.05) is 13.2 Å². The molecule has 0 saturated heterocycles. The maximum absolute atomic E-state index is 10.5. The fourth-order valence-corrected chi connectivity index (χ4v) is 0.351. The first-order valence-electron chi connectivity index (χ1n) is 2.90. The van der Waals surface area contributed by atoms with Crippen molar-refractivity contribution < 1.29 is 19.4 Å². The zero-order valence-electron chi connectivity index (χ0n) is 5.87. The fraction of sp³-hybridized carbons (Fsp3) is 0.333. The molecule has 11 heavy (non-hydrogen) atoms. The van der Waals surface area contributed by atoms with E-state index < -0.39 is 12.1 Å². The Bertz CT molecular complexity index is 166. The lowest BCUT2D eigenvalue weighted by atomic mass is 10.6. The molecule has 5 nitrogen and oxygen atoms in total.